The Hall–Kier alpha value is -2.50. The van der Waals surface area contributed by atoms with Crippen molar-refractivity contribution in [3.05, 3.63) is 0 Å². The monoisotopic (exact) mass is 910 g/mol. The second-order valence-electron chi connectivity index (χ2n) is 10.5. The van der Waals surface area contributed by atoms with Crippen LogP contribution in [0.25, 0.3) is 0 Å². The molecule has 328 valence electrons. The number of alkyl halides is 34. The van der Waals surface area contributed by atoms with Crippen molar-refractivity contribution in [3.63, 3.8) is 0 Å². The average Bonchev–Trinajstić information content (AvgIpc) is 3.70. The molecule has 2 fully saturated rings. The molecule has 0 radical (unpaired) electrons. The molecule has 37 heteroatoms. The Morgan fingerprint density at radius 2 is 0.400 bits per heavy atom. The van der Waals surface area contributed by atoms with Crippen LogP contribution in [0.3, 0.4) is 0 Å². The molecule has 0 N–H and O–H groups in total. The third kappa shape index (κ3) is 5.22. The highest BCUT2D eigenvalue weighted by Gasteiger charge is 3.07. The van der Waals surface area contributed by atoms with Crippen LogP contribution in [0, 0.1) is 0 Å². The fraction of sp³-hybridized carbons (Fsp3) is 1.00. The summed E-state index contributed by atoms with van der Waals surface area (Å²) >= 11 is 0. The molecule has 2 aliphatic heterocycles. The van der Waals surface area contributed by atoms with Gasteiger partial charge in [-0.2, -0.15) is 149 Å². The fourth-order valence-corrected chi connectivity index (χ4v) is 3.61. The summed E-state index contributed by atoms with van der Waals surface area (Å²) in [6.45, 7) is 0. The zero-order valence-corrected chi connectivity index (χ0v) is 23.1. The van der Waals surface area contributed by atoms with Gasteiger partial charge in [0.05, 0.1) is 0 Å². The molecule has 0 aromatic heterocycles. The van der Waals surface area contributed by atoms with Crippen LogP contribution in [0.5, 0.6) is 0 Å². The van der Waals surface area contributed by atoms with Crippen LogP contribution in [-0.2, 0) is 14.2 Å². The maximum Gasteiger partial charge on any atom is 0.460 e. The van der Waals surface area contributed by atoms with Gasteiger partial charge >= 0.3 is 107 Å². The van der Waals surface area contributed by atoms with Crippen molar-refractivity contribution in [2.75, 3.05) is 0 Å². The Balaban J connectivity index is 3.14. The lowest BCUT2D eigenvalue weighted by Gasteiger charge is -2.47. The summed E-state index contributed by atoms with van der Waals surface area (Å²) in [5.74, 6) is -132. The average molecular weight is 910 g/mol. The van der Waals surface area contributed by atoms with Gasteiger partial charge in [0, 0.05) is 0 Å². The molecule has 2 saturated heterocycles. The Labute approximate surface area is 272 Å². The zero-order valence-electron chi connectivity index (χ0n) is 23.1. The lowest BCUT2D eigenvalue weighted by molar-refractivity contribution is -0.513. The van der Waals surface area contributed by atoms with Gasteiger partial charge in [0.15, 0.2) is 0 Å². The minimum absolute atomic E-state index is 1.05. The predicted octanol–water partition coefficient (Wildman–Crippen LogP) is 10.4. The van der Waals surface area contributed by atoms with Gasteiger partial charge in [-0.05, 0) is 0 Å². The number of epoxide rings is 2. The van der Waals surface area contributed by atoms with Gasteiger partial charge in [0.1, 0.15) is 0 Å². The molecule has 55 heavy (non-hydrogen) atoms. The van der Waals surface area contributed by atoms with Gasteiger partial charge in [0.25, 0.3) is 0 Å². The molecule has 0 amide bonds. The summed E-state index contributed by atoms with van der Waals surface area (Å²) in [5.41, 5.74) is 0. The summed E-state index contributed by atoms with van der Waals surface area (Å²) in [5, 5.41) is 0. The summed E-state index contributed by atoms with van der Waals surface area (Å²) < 4.78 is 469. The van der Waals surface area contributed by atoms with E-state index < -0.39 is 107 Å². The molecule has 0 bridgehead atoms. The summed E-state index contributed by atoms with van der Waals surface area (Å²) in [7, 11) is 0. The Bertz CT molecular complexity index is 1400. The first-order valence-electron chi connectivity index (χ1n) is 11.7. The quantitative estimate of drug-likeness (QED) is 0.129. The number of rotatable bonds is 14. The molecule has 3 nitrogen and oxygen atoms in total. The Morgan fingerprint density at radius 1 is 0.255 bits per heavy atom. The van der Waals surface area contributed by atoms with Crippen LogP contribution >= 0.6 is 0 Å². The zero-order chi connectivity index (χ0) is 45.1. The maximum absolute atomic E-state index is 15.4. The molecule has 4 atom stereocenters. The van der Waals surface area contributed by atoms with E-state index in [1.165, 1.54) is 0 Å². The first kappa shape index (κ1) is 48.6. The van der Waals surface area contributed by atoms with Crippen molar-refractivity contribution in [2.24, 2.45) is 0 Å². The van der Waals surface area contributed by atoms with Crippen LogP contribution in [0.1, 0.15) is 0 Å². The van der Waals surface area contributed by atoms with Crippen LogP contribution in [0.2, 0.25) is 0 Å². The highest BCUT2D eigenvalue weighted by molar-refractivity contribution is 5.24. The predicted molar refractivity (Wildman–Crippen MR) is 90.1 cm³/mol. The largest absolute Gasteiger partial charge is 0.460 e. The van der Waals surface area contributed by atoms with Gasteiger partial charge in [0.2, 0.25) is 0 Å². The highest BCUT2D eigenvalue weighted by atomic mass is 19.4. The smallest absolute Gasteiger partial charge is 0.288 e. The molecular formula is C18F34O3. The topological polar surface area (TPSA) is 34.3 Å². The van der Waals surface area contributed by atoms with E-state index in [1.54, 1.807) is 9.47 Å². The molecule has 0 spiro atoms. The van der Waals surface area contributed by atoms with Crippen molar-refractivity contribution >= 4 is 0 Å². The standard InChI is InChI=1S/C18F34O3/c19-1(20,5(27,28)9(35,36)15(43,44)45)3(23,24)7(31,32)11(39,13(41)17(49,50)54-13)53-12(40,14(42)18(51,52)55-14)8(33,34)4(25,26)2(21,22)6(29,30)10(37,38)16(46,47)48. The van der Waals surface area contributed by atoms with E-state index in [1.807, 2.05) is 0 Å². The van der Waals surface area contributed by atoms with E-state index in [9.17, 15) is 140 Å². The fourth-order valence-electron chi connectivity index (χ4n) is 3.61. The third-order valence-corrected chi connectivity index (χ3v) is 6.99. The minimum atomic E-state index is -10.0. The van der Waals surface area contributed by atoms with Crippen LogP contribution < -0.4 is 0 Å². The van der Waals surface area contributed by atoms with Gasteiger partial charge < -0.3 is 0 Å². The Morgan fingerprint density at radius 3 is 0.545 bits per heavy atom. The van der Waals surface area contributed by atoms with Crippen molar-refractivity contribution in [1.82, 2.24) is 0 Å². The second kappa shape index (κ2) is 11.2. The van der Waals surface area contributed by atoms with E-state index >= 15 is 8.78 Å². The molecular weight excluding hydrogens is 910 g/mol. The number of ether oxygens (including phenoxy) is 3. The molecule has 4 unspecified atom stereocenters. The van der Waals surface area contributed by atoms with Gasteiger partial charge in [-0.25, -0.2) is 0 Å². The number of hydrogen-bond acceptors (Lipinski definition) is 3. The van der Waals surface area contributed by atoms with Crippen LogP contribution in [-0.4, -0.2) is 107 Å². The van der Waals surface area contributed by atoms with E-state index in [4.69, 9.17) is 0 Å². The van der Waals surface area contributed by atoms with Crippen molar-refractivity contribution in [3.8, 4) is 0 Å². The number of hydrogen-bond donors (Lipinski definition) is 0. The van der Waals surface area contributed by atoms with Crippen molar-refractivity contribution in [2.45, 2.75) is 107 Å². The highest BCUT2D eigenvalue weighted by Crippen LogP contribution is 2.75. The van der Waals surface area contributed by atoms with E-state index in [0.29, 0.717) is 0 Å². The molecule has 0 aromatic rings. The lowest BCUT2D eigenvalue weighted by Crippen LogP contribution is -2.79. The van der Waals surface area contributed by atoms with E-state index in [2.05, 4.69) is 0 Å². The molecule has 0 aliphatic carbocycles. The van der Waals surface area contributed by atoms with E-state index in [0.717, 1.165) is 4.74 Å². The lowest BCUT2D eigenvalue weighted by atomic mass is 9.86. The summed E-state index contributed by atoms with van der Waals surface area (Å²) in [6, 6.07) is 0. The Kier molecular flexibility index (Phi) is 9.87. The molecule has 0 aromatic carbocycles. The molecule has 2 heterocycles. The molecule has 2 aliphatic rings. The third-order valence-electron chi connectivity index (χ3n) is 6.99. The summed E-state index contributed by atoms with van der Waals surface area (Å²) in [6.07, 6.45) is -31.7. The SMILES string of the molecule is FC(F)(F)C(F)(F)C(F)(F)C(F)(F)C(F)(F)C(F)(F)C(F)(OC(F)(C(F)(F)C(F)(F)C(F)(F)C(F)(F)C(F)(F)C(F)(F)F)C1(F)OC1(F)F)C1(F)OC1(F)F. The van der Waals surface area contributed by atoms with Gasteiger partial charge in [-0.3, -0.25) is 14.2 Å². The normalized spacial score (nSPS) is 27.4. The summed E-state index contributed by atoms with van der Waals surface area (Å²) in [4.78, 5) is 0. The first-order valence-corrected chi connectivity index (χ1v) is 11.7. The van der Waals surface area contributed by atoms with Crippen LogP contribution in [0.15, 0.2) is 0 Å². The minimum Gasteiger partial charge on any atom is -0.288 e. The first-order chi connectivity index (χ1) is 23.1. The van der Waals surface area contributed by atoms with Gasteiger partial charge in [-0.1, -0.05) is 0 Å². The maximum atomic E-state index is 15.4. The number of halogens is 34. The van der Waals surface area contributed by atoms with Gasteiger partial charge in [-0.15, -0.1) is 0 Å². The van der Waals surface area contributed by atoms with Crippen LogP contribution in [0.4, 0.5) is 149 Å². The molecule has 0 saturated carbocycles. The van der Waals surface area contributed by atoms with Crippen molar-refractivity contribution < 1.29 is 163 Å². The second-order valence-corrected chi connectivity index (χ2v) is 10.5. The van der Waals surface area contributed by atoms with E-state index in [-0.39, 0.29) is 0 Å². The van der Waals surface area contributed by atoms with Crippen molar-refractivity contribution in [1.29, 1.82) is 0 Å². The molecule has 2 rings (SSSR count).